The molecule has 0 unspecified atom stereocenters. The summed E-state index contributed by atoms with van der Waals surface area (Å²) in [6.45, 7) is 7.19. The van der Waals surface area contributed by atoms with Gasteiger partial charge >= 0.3 is 0 Å². The van der Waals surface area contributed by atoms with Gasteiger partial charge in [-0.1, -0.05) is 12.2 Å². The molecular weight excluding hydrogens is 397 g/mol. The van der Waals surface area contributed by atoms with Crippen molar-refractivity contribution >= 4 is 35.6 Å². The Morgan fingerprint density at radius 2 is 1.95 bits per heavy atom. The van der Waals surface area contributed by atoms with Crippen LogP contribution in [0.3, 0.4) is 0 Å². The highest BCUT2D eigenvalue weighted by atomic mass is 127. The van der Waals surface area contributed by atoms with Crippen LogP contribution in [0.2, 0.25) is 0 Å². The van der Waals surface area contributed by atoms with Gasteiger partial charge in [0.25, 0.3) is 0 Å². The van der Waals surface area contributed by atoms with E-state index in [1.807, 2.05) is 13.0 Å². The zero-order valence-corrected chi connectivity index (χ0v) is 15.5. The molecule has 0 aliphatic rings. The van der Waals surface area contributed by atoms with Gasteiger partial charge in [-0.2, -0.15) is 0 Å². The van der Waals surface area contributed by atoms with Crippen LogP contribution in [0.15, 0.2) is 35.3 Å². The number of nitrogens with two attached hydrogens (primary N) is 1. The van der Waals surface area contributed by atoms with E-state index >= 15 is 0 Å². The molecule has 0 aliphatic heterocycles. The van der Waals surface area contributed by atoms with Crippen molar-refractivity contribution in [1.82, 2.24) is 0 Å². The first-order chi connectivity index (χ1) is 10.1. The van der Waals surface area contributed by atoms with Crippen molar-refractivity contribution in [2.75, 3.05) is 39.3 Å². The number of halogens is 1. The summed E-state index contributed by atoms with van der Waals surface area (Å²) >= 11 is 0. The summed E-state index contributed by atoms with van der Waals surface area (Å²) in [6, 6.07) is 5.42. The lowest BCUT2D eigenvalue weighted by molar-refractivity contribution is 0.165. The Morgan fingerprint density at radius 1 is 1.27 bits per heavy atom. The quantitative estimate of drug-likeness (QED) is 0.222. The molecule has 22 heavy (non-hydrogen) atoms. The van der Waals surface area contributed by atoms with Gasteiger partial charge in [0, 0.05) is 11.8 Å². The number of ether oxygens (including phenoxy) is 3. The smallest absolute Gasteiger partial charge is 0.193 e. The molecule has 0 atom stereocenters. The number of methoxy groups -OCH3 is 2. The van der Waals surface area contributed by atoms with Crippen LogP contribution in [-0.4, -0.2) is 39.9 Å². The topological polar surface area (TPSA) is 78.1 Å². The van der Waals surface area contributed by atoms with Crippen molar-refractivity contribution < 1.29 is 14.2 Å². The molecule has 1 rings (SSSR count). The van der Waals surface area contributed by atoms with Crippen LogP contribution in [-0.2, 0) is 4.74 Å². The summed E-state index contributed by atoms with van der Waals surface area (Å²) in [6.07, 6.45) is 0. The van der Waals surface area contributed by atoms with Gasteiger partial charge in [0.15, 0.2) is 17.5 Å². The van der Waals surface area contributed by atoms with Gasteiger partial charge < -0.3 is 25.3 Å². The second-order valence-electron chi connectivity index (χ2n) is 4.47. The van der Waals surface area contributed by atoms with E-state index in [2.05, 4.69) is 16.9 Å². The van der Waals surface area contributed by atoms with Crippen LogP contribution in [0.1, 0.15) is 6.92 Å². The monoisotopic (exact) mass is 421 g/mol. The minimum absolute atomic E-state index is 0. The van der Waals surface area contributed by atoms with Crippen LogP contribution in [0.4, 0.5) is 5.69 Å². The van der Waals surface area contributed by atoms with E-state index in [0.29, 0.717) is 37.2 Å². The number of rotatable bonds is 8. The summed E-state index contributed by atoms with van der Waals surface area (Å²) in [5.74, 6) is 1.60. The Kier molecular flexibility index (Phi) is 10.4. The number of benzene rings is 1. The molecule has 3 N–H and O–H groups in total. The third-order valence-corrected chi connectivity index (χ3v) is 2.52. The Bertz CT molecular complexity index is 507. The average molecular weight is 421 g/mol. The van der Waals surface area contributed by atoms with E-state index in [-0.39, 0.29) is 24.0 Å². The average Bonchev–Trinajstić information content (AvgIpc) is 2.46. The van der Waals surface area contributed by atoms with E-state index in [0.717, 1.165) is 11.3 Å². The van der Waals surface area contributed by atoms with Crippen LogP contribution >= 0.6 is 24.0 Å². The molecule has 0 bridgehead atoms. The van der Waals surface area contributed by atoms with Crippen molar-refractivity contribution in [3.05, 3.63) is 30.4 Å². The number of nitrogens with zero attached hydrogens (tertiary/aromatic N) is 1. The Morgan fingerprint density at radius 3 is 2.55 bits per heavy atom. The highest BCUT2D eigenvalue weighted by Gasteiger charge is 2.04. The normalized spacial score (nSPS) is 10.6. The fourth-order valence-corrected chi connectivity index (χ4v) is 1.58. The lowest BCUT2D eigenvalue weighted by atomic mass is 10.3. The fourth-order valence-electron chi connectivity index (χ4n) is 1.58. The standard InChI is InChI=1S/C15H23N3O3.HI/c1-11(2)10-21-8-7-17-15(16)18-12-5-6-13(19-3)14(9-12)20-4;/h5-6,9H,1,7-8,10H2,2-4H3,(H3,16,17,18);1H. The minimum Gasteiger partial charge on any atom is -0.493 e. The first-order valence-electron chi connectivity index (χ1n) is 6.58. The number of aliphatic imine (C=N–C) groups is 1. The third kappa shape index (κ3) is 7.51. The molecule has 0 radical (unpaired) electrons. The summed E-state index contributed by atoms with van der Waals surface area (Å²) in [5, 5.41) is 2.99. The molecule has 0 fully saturated rings. The molecule has 0 saturated heterocycles. The van der Waals surface area contributed by atoms with Crippen LogP contribution in [0.5, 0.6) is 11.5 Å². The second-order valence-corrected chi connectivity index (χ2v) is 4.47. The van der Waals surface area contributed by atoms with Gasteiger partial charge in [0.1, 0.15) is 0 Å². The van der Waals surface area contributed by atoms with Gasteiger partial charge in [-0.25, -0.2) is 0 Å². The Hall–Kier alpha value is -1.48. The van der Waals surface area contributed by atoms with Crippen molar-refractivity contribution in [3.8, 4) is 11.5 Å². The van der Waals surface area contributed by atoms with Crippen LogP contribution in [0, 0.1) is 0 Å². The number of hydrogen-bond acceptors (Lipinski definition) is 4. The molecular formula is C15H24IN3O3. The number of guanidine groups is 1. The summed E-state index contributed by atoms with van der Waals surface area (Å²) < 4.78 is 15.7. The zero-order valence-electron chi connectivity index (χ0n) is 13.2. The molecule has 6 nitrogen and oxygen atoms in total. The summed E-state index contributed by atoms with van der Waals surface area (Å²) in [5.41, 5.74) is 7.56. The van der Waals surface area contributed by atoms with E-state index in [4.69, 9.17) is 19.9 Å². The maximum Gasteiger partial charge on any atom is 0.193 e. The molecule has 0 saturated carbocycles. The molecule has 0 spiro atoms. The van der Waals surface area contributed by atoms with E-state index in [1.54, 1.807) is 26.4 Å². The Labute approximate surface area is 148 Å². The molecule has 0 heterocycles. The SMILES string of the molecule is C=C(C)COCCN=C(N)Nc1ccc(OC)c(OC)c1.I. The first-order valence-corrected chi connectivity index (χ1v) is 6.58. The van der Waals surface area contributed by atoms with Gasteiger partial charge in [0.05, 0.1) is 34.0 Å². The predicted octanol–water partition coefficient (Wildman–Crippen LogP) is 2.64. The summed E-state index contributed by atoms with van der Waals surface area (Å²) in [7, 11) is 3.17. The van der Waals surface area contributed by atoms with Gasteiger partial charge in [-0.3, -0.25) is 4.99 Å². The van der Waals surface area contributed by atoms with Crippen molar-refractivity contribution in [2.45, 2.75) is 6.92 Å². The zero-order chi connectivity index (χ0) is 15.7. The third-order valence-electron chi connectivity index (χ3n) is 2.52. The van der Waals surface area contributed by atoms with Crippen molar-refractivity contribution in [3.63, 3.8) is 0 Å². The van der Waals surface area contributed by atoms with Gasteiger partial charge in [0.2, 0.25) is 0 Å². The maximum atomic E-state index is 5.80. The Balaban J connectivity index is 0.00000441. The molecule has 1 aromatic carbocycles. The maximum absolute atomic E-state index is 5.80. The number of nitrogens with one attached hydrogen (secondary N) is 1. The molecule has 0 aromatic heterocycles. The molecule has 124 valence electrons. The van der Waals surface area contributed by atoms with Crippen molar-refractivity contribution in [1.29, 1.82) is 0 Å². The predicted molar refractivity (Wildman–Crippen MR) is 101 cm³/mol. The minimum atomic E-state index is 0. The largest absolute Gasteiger partial charge is 0.493 e. The highest BCUT2D eigenvalue weighted by Crippen LogP contribution is 2.29. The second kappa shape index (κ2) is 11.1. The molecule has 1 aromatic rings. The first kappa shape index (κ1) is 20.5. The van der Waals surface area contributed by atoms with E-state index in [1.165, 1.54) is 0 Å². The molecule has 7 heteroatoms. The molecule has 0 amide bonds. The van der Waals surface area contributed by atoms with Crippen molar-refractivity contribution in [2.24, 2.45) is 10.7 Å². The van der Waals surface area contributed by atoms with Crippen LogP contribution < -0.4 is 20.5 Å². The van der Waals surface area contributed by atoms with E-state index in [9.17, 15) is 0 Å². The molecule has 0 aliphatic carbocycles. The van der Waals surface area contributed by atoms with Gasteiger partial charge in [-0.15, -0.1) is 24.0 Å². The number of anilines is 1. The fraction of sp³-hybridized carbons (Fsp3) is 0.400. The summed E-state index contributed by atoms with van der Waals surface area (Å²) in [4.78, 5) is 4.17. The lowest BCUT2D eigenvalue weighted by Gasteiger charge is -2.11. The highest BCUT2D eigenvalue weighted by molar-refractivity contribution is 14.0. The van der Waals surface area contributed by atoms with Crippen LogP contribution in [0.25, 0.3) is 0 Å². The van der Waals surface area contributed by atoms with E-state index < -0.39 is 0 Å². The van der Waals surface area contributed by atoms with Gasteiger partial charge in [-0.05, 0) is 19.1 Å². The lowest BCUT2D eigenvalue weighted by Crippen LogP contribution is -2.23. The number of hydrogen-bond donors (Lipinski definition) is 2.